The fraction of sp³-hybridized carbons (Fsp3) is 0.400. The van der Waals surface area contributed by atoms with Gasteiger partial charge in [-0.05, 0) is 105 Å². The molecule has 0 spiro atoms. The molecular weight excluding hydrogens is 608 g/mol. The fourth-order valence-corrected chi connectivity index (χ4v) is 6.75. The highest BCUT2D eigenvalue weighted by molar-refractivity contribution is 6.02. The number of carbonyl (C=O) groups is 3. The smallest absolute Gasteiger partial charge is 0.270 e. The fourth-order valence-electron chi connectivity index (χ4n) is 6.75. The van der Waals surface area contributed by atoms with Crippen molar-refractivity contribution in [2.75, 3.05) is 24.5 Å². The van der Waals surface area contributed by atoms with Gasteiger partial charge in [0.1, 0.15) is 11.7 Å². The highest BCUT2D eigenvalue weighted by Gasteiger charge is 2.36. The number of aromatic nitrogens is 5. The second-order valence-corrected chi connectivity index (χ2v) is 12.8. The average Bonchev–Trinajstić information content (AvgIpc) is 3.84. The highest BCUT2D eigenvalue weighted by atomic mass is 16.2. The number of hydrogen-bond donors (Lipinski definition) is 5. The molecule has 2 aromatic heterocycles. The van der Waals surface area contributed by atoms with Crippen LogP contribution < -0.4 is 27.0 Å². The summed E-state index contributed by atoms with van der Waals surface area (Å²) < 4.78 is 0. The van der Waals surface area contributed by atoms with E-state index < -0.39 is 11.9 Å². The first kappa shape index (κ1) is 32.9. The van der Waals surface area contributed by atoms with E-state index in [4.69, 9.17) is 11.5 Å². The van der Waals surface area contributed by atoms with Gasteiger partial charge in [0.05, 0.1) is 0 Å². The number of aryl methyl sites for hydroxylation is 1. The molecule has 0 bridgehead atoms. The number of nitrogens with two attached hydrogens (primary N) is 2. The summed E-state index contributed by atoms with van der Waals surface area (Å²) in [5.74, 6) is -0.285. The number of nitrogens with one attached hydrogen (secondary N) is 3. The van der Waals surface area contributed by atoms with Gasteiger partial charge in [0.25, 0.3) is 5.91 Å². The second kappa shape index (κ2) is 14.8. The molecule has 2 aromatic carbocycles. The zero-order valence-corrected chi connectivity index (χ0v) is 27.1. The third-order valence-electron chi connectivity index (χ3n) is 9.56. The van der Waals surface area contributed by atoms with Crippen molar-refractivity contribution in [3.8, 4) is 22.5 Å². The van der Waals surface area contributed by atoms with Gasteiger partial charge in [-0.3, -0.25) is 19.3 Å². The summed E-state index contributed by atoms with van der Waals surface area (Å²) in [7, 11) is 0. The summed E-state index contributed by atoms with van der Waals surface area (Å²) in [6, 6.07) is 17.8. The Hall–Kier alpha value is -5.01. The van der Waals surface area contributed by atoms with Crippen LogP contribution in [-0.2, 0) is 16.0 Å². The van der Waals surface area contributed by atoms with Crippen LogP contribution in [0.1, 0.15) is 53.8 Å². The number of carbonyl (C=O) groups excluding carboxylic acids is 3. The molecule has 1 aliphatic heterocycles. The number of amides is 3. The number of tetrazole rings is 1. The largest absolute Gasteiger partial charge is 0.368 e. The predicted octanol–water partition coefficient (Wildman–Crippen LogP) is 2.52. The van der Waals surface area contributed by atoms with E-state index in [0.29, 0.717) is 42.5 Å². The number of anilines is 1. The first-order chi connectivity index (χ1) is 23.3. The molecule has 13 heteroatoms. The van der Waals surface area contributed by atoms with Crippen molar-refractivity contribution in [2.45, 2.75) is 57.5 Å². The van der Waals surface area contributed by atoms with Crippen molar-refractivity contribution in [3.05, 3.63) is 77.6 Å². The maximum atomic E-state index is 14.2. The Morgan fingerprint density at radius 3 is 2.29 bits per heavy atom. The topological polar surface area (TPSA) is 198 Å². The van der Waals surface area contributed by atoms with Crippen LogP contribution in [0.2, 0.25) is 0 Å². The Morgan fingerprint density at radius 1 is 0.958 bits per heavy atom. The standard InChI is InChI=1S/C35H42N10O3/c1-21-29(14-15-30(39-21)34(47)40-27-16-17-38-20-27)24-6-2-22(3-7-24)18-31(32(37)46)45(35(48)26-8-4-23(19-36)5-9-26)28-12-10-25(11-13-28)33-41-43-44-42-33/h2-3,6-7,10-15,23,26-27,31,38H,4-5,8-9,16-20,36H2,1H3,(H2,37,46)(H,40,47)(H,41,42,43,44)/t23?,26?,27-,31+/m1/s1. The summed E-state index contributed by atoms with van der Waals surface area (Å²) in [6.07, 6.45) is 4.31. The van der Waals surface area contributed by atoms with Gasteiger partial charge in [-0.15, -0.1) is 10.2 Å². The Balaban J connectivity index is 1.22. The molecule has 1 aliphatic carbocycles. The molecule has 1 saturated heterocycles. The average molecular weight is 651 g/mol. The van der Waals surface area contributed by atoms with Crippen molar-refractivity contribution in [1.82, 2.24) is 36.2 Å². The lowest BCUT2D eigenvalue weighted by atomic mass is 9.81. The van der Waals surface area contributed by atoms with Crippen molar-refractivity contribution in [2.24, 2.45) is 23.3 Å². The van der Waals surface area contributed by atoms with E-state index in [0.717, 1.165) is 60.3 Å². The molecule has 1 saturated carbocycles. The third kappa shape index (κ3) is 7.42. The van der Waals surface area contributed by atoms with Crippen molar-refractivity contribution in [1.29, 1.82) is 0 Å². The van der Waals surface area contributed by atoms with Gasteiger partial charge in [-0.25, -0.2) is 4.98 Å². The monoisotopic (exact) mass is 650 g/mol. The molecular formula is C35H42N10O3. The number of aromatic amines is 1. The van der Waals surface area contributed by atoms with Crippen LogP contribution in [0.25, 0.3) is 22.5 Å². The van der Waals surface area contributed by atoms with Gasteiger partial charge in [0.15, 0.2) is 0 Å². The Kier molecular flexibility index (Phi) is 10.2. The molecule has 2 fully saturated rings. The van der Waals surface area contributed by atoms with Crippen LogP contribution in [0.3, 0.4) is 0 Å². The van der Waals surface area contributed by atoms with E-state index in [1.54, 1.807) is 35.2 Å². The summed E-state index contributed by atoms with van der Waals surface area (Å²) in [6.45, 7) is 4.15. The summed E-state index contributed by atoms with van der Waals surface area (Å²) >= 11 is 0. The molecule has 0 unspecified atom stereocenters. The lowest BCUT2D eigenvalue weighted by molar-refractivity contribution is -0.127. The molecule has 3 heterocycles. The number of nitrogens with zero attached hydrogens (tertiary/aromatic N) is 5. The van der Waals surface area contributed by atoms with Crippen LogP contribution in [-0.4, -0.2) is 75.0 Å². The predicted molar refractivity (Wildman–Crippen MR) is 181 cm³/mol. The van der Waals surface area contributed by atoms with E-state index in [2.05, 4.69) is 36.2 Å². The number of primary amides is 1. The van der Waals surface area contributed by atoms with Gasteiger partial charge < -0.3 is 22.1 Å². The Labute approximate surface area is 279 Å². The number of H-pyrrole nitrogens is 1. The number of hydrogen-bond acceptors (Lipinski definition) is 9. The molecule has 3 amide bonds. The summed E-state index contributed by atoms with van der Waals surface area (Å²) in [4.78, 5) is 46.2. The summed E-state index contributed by atoms with van der Waals surface area (Å²) in [5, 5.41) is 20.4. The lowest BCUT2D eigenvalue weighted by Gasteiger charge is -2.35. The minimum Gasteiger partial charge on any atom is -0.368 e. The summed E-state index contributed by atoms with van der Waals surface area (Å²) in [5.41, 5.74) is 17.0. The van der Waals surface area contributed by atoms with Crippen molar-refractivity contribution < 1.29 is 14.4 Å². The molecule has 48 heavy (non-hydrogen) atoms. The molecule has 4 aromatic rings. The molecule has 13 nitrogen and oxygen atoms in total. The number of benzene rings is 2. The van der Waals surface area contributed by atoms with Crippen LogP contribution in [0.15, 0.2) is 60.7 Å². The van der Waals surface area contributed by atoms with Crippen LogP contribution in [0, 0.1) is 18.8 Å². The maximum absolute atomic E-state index is 14.2. The van der Waals surface area contributed by atoms with E-state index in [9.17, 15) is 14.4 Å². The van der Waals surface area contributed by atoms with E-state index >= 15 is 0 Å². The van der Waals surface area contributed by atoms with Gasteiger partial charge in [0.2, 0.25) is 17.6 Å². The van der Waals surface area contributed by atoms with Gasteiger partial charge in [0, 0.05) is 47.4 Å². The Bertz CT molecular complexity index is 1710. The van der Waals surface area contributed by atoms with Crippen LogP contribution >= 0.6 is 0 Å². The normalized spacial score (nSPS) is 19.8. The van der Waals surface area contributed by atoms with E-state index in [1.165, 1.54) is 0 Å². The van der Waals surface area contributed by atoms with E-state index in [-0.39, 0.29) is 30.2 Å². The SMILES string of the molecule is Cc1nc(C(=O)N[C@@H]2CCNC2)ccc1-c1ccc(C[C@@H](C(N)=O)N(C(=O)C2CCC(CN)CC2)c2ccc(-c3nn[nH]n3)cc2)cc1. The number of pyridine rings is 1. The molecule has 6 rings (SSSR count). The lowest BCUT2D eigenvalue weighted by Crippen LogP contribution is -2.52. The molecule has 7 N–H and O–H groups in total. The maximum Gasteiger partial charge on any atom is 0.270 e. The molecule has 2 aliphatic rings. The minimum atomic E-state index is -0.914. The van der Waals surface area contributed by atoms with E-state index in [1.807, 2.05) is 37.3 Å². The van der Waals surface area contributed by atoms with Gasteiger partial charge in [-0.2, -0.15) is 5.21 Å². The third-order valence-corrected chi connectivity index (χ3v) is 9.56. The van der Waals surface area contributed by atoms with Crippen LogP contribution in [0.4, 0.5) is 5.69 Å². The Morgan fingerprint density at radius 2 is 1.69 bits per heavy atom. The van der Waals surface area contributed by atoms with Gasteiger partial charge >= 0.3 is 0 Å². The quantitative estimate of drug-likeness (QED) is 0.162. The molecule has 2 atom stereocenters. The molecule has 250 valence electrons. The van der Waals surface area contributed by atoms with Gasteiger partial charge in [-0.1, -0.05) is 30.3 Å². The zero-order chi connectivity index (χ0) is 33.6. The zero-order valence-electron chi connectivity index (χ0n) is 27.1. The first-order valence-corrected chi connectivity index (χ1v) is 16.6. The molecule has 0 radical (unpaired) electrons. The number of rotatable bonds is 11. The van der Waals surface area contributed by atoms with Crippen molar-refractivity contribution >= 4 is 23.4 Å². The van der Waals surface area contributed by atoms with Crippen LogP contribution in [0.5, 0.6) is 0 Å². The first-order valence-electron chi connectivity index (χ1n) is 16.6. The second-order valence-electron chi connectivity index (χ2n) is 12.8. The van der Waals surface area contributed by atoms with Crippen molar-refractivity contribution in [3.63, 3.8) is 0 Å². The highest BCUT2D eigenvalue weighted by Crippen LogP contribution is 2.33. The minimum absolute atomic E-state index is 0.115.